The minimum absolute atomic E-state index is 0.609. The molecule has 1 N–H and O–H groups in total. The Balaban J connectivity index is 2.49. The molecule has 3 nitrogen and oxygen atoms in total. The molecule has 1 heterocycles. The first-order valence-electron chi connectivity index (χ1n) is 3.38. The average Bonchev–Trinajstić information content (AvgIpc) is 2.31. The van der Waals surface area contributed by atoms with E-state index >= 15 is 0 Å². The van der Waals surface area contributed by atoms with Crippen LogP contribution in [0.5, 0.6) is 11.5 Å². The zero-order chi connectivity index (χ0) is 7.84. The summed E-state index contributed by atoms with van der Waals surface area (Å²) in [6.07, 6.45) is 0. The van der Waals surface area contributed by atoms with Crippen LogP contribution in [0, 0.1) is 6.92 Å². The number of para-hydroxylation sites is 1. The molecule has 1 aromatic carbocycles. The van der Waals surface area contributed by atoms with Crippen LogP contribution >= 0.6 is 0 Å². The Morgan fingerprint density at radius 3 is 2.91 bits per heavy atom. The van der Waals surface area contributed by atoms with E-state index in [4.69, 9.17) is 14.6 Å². The number of rotatable bonds is 0. The van der Waals surface area contributed by atoms with Crippen molar-refractivity contribution >= 4 is 0 Å². The molecule has 0 bridgehead atoms. The van der Waals surface area contributed by atoms with E-state index in [2.05, 4.69) is 0 Å². The maximum Gasteiger partial charge on any atom is 0.358 e. The normalized spacial score (nSPS) is 20.4. The van der Waals surface area contributed by atoms with Gasteiger partial charge in [-0.05, 0) is 18.6 Å². The molecule has 11 heavy (non-hydrogen) atoms. The lowest BCUT2D eigenvalue weighted by Crippen LogP contribution is -2.15. The molecule has 58 valence electrons. The van der Waals surface area contributed by atoms with E-state index in [0.717, 1.165) is 5.56 Å². The summed E-state index contributed by atoms with van der Waals surface area (Å²) in [7, 11) is 0. The Morgan fingerprint density at radius 1 is 1.36 bits per heavy atom. The van der Waals surface area contributed by atoms with Crippen LogP contribution in [0.25, 0.3) is 0 Å². The Morgan fingerprint density at radius 2 is 2.18 bits per heavy atom. The van der Waals surface area contributed by atoms with E-state index in [0.29, 0.717) is 11.5 Å². The van der Waals surface area contributed by atoms with Crippen LogP contribution in [-0.4, -0.2) is 11.6 Å². The first kappa shape index (κ1) is 6.49. The second kappa shape index (κ2) is 2.13. The van der Waals surface area contributed by atoms with Gasteiger partial charge in [0.1, 0.15) is 0 Å². The number of fused-ring (bicyclic) bond motifs is 1. The molecule has 0 radical (unpaired) electrons. The minimum atomic E-state index is -1.13. The molecule has 3 heteroatoms. The van der Waals surface area contributed by atoms with E-state index in [1.807, 2.05) is 19.1 Å². The first-order valence-corrected chi connectivity index (χ1v) is 3.38. The summed E-state index contributed by atoms with van der Waals surface area (Å²) in [5, 5.41) is 8.93. The first-order chi connectivity index (χ1) is 5.27. The average molecular weight is 152 g/mol. The smallest absolute Gasteiger partial charge is 0.358 e. The summed E-state index contributed by atoms with van der Waals surface area (Å²) in [4.78, 5) is 0. The number of hydrogen-bond donors (Lipinski definition) is 1. The summed E-state index contributed by atoms with van der Waals surface area (Å²) in [6, 6.07) is 5.52. The summed E-state index contributed by atoms with van der Waals surface area (Å²) >= 11 is 0. The minimum Gasteiger partial charge on any atom is -0.428 e. The van der Waals surface area contributed by atoms with Gasteiger partial charge in [0.2, 0.25) is 0 Å². The third-order valence-electron chi connectivity index (χ3n) is 1.62. The Labute approximate surface area is 64.2 Å². The third kappa shape index (κ3) is 0.935. The van der Waals surface area contributed by atoms with Gasteiger partial charge in [-0.15, -0.1) is 0 Å². The van der Waals surface area contributed by atoms with Gasteiger partial charge >= 0.3 is 6.48 Å². The fraction of sp³-hybridized carbons (Fsp3) is 0.250. The van der Waals surface area contributed by atoms with Crippen LogP contribution in [0.4, 0.5) is 0 Å². The van der Waals surface area contributed by atoms with E-state index in [1.54, 1.807) is 6.07 Å². The van der Waals surface area contributed by atoms with E-state index in [1.165, 1.54) is 0 Å². The van der Waals surface area contributed by atoms with Gasteiger partial charge in [0.25, 0.3) is 0 Å². The number of aliphatic hydroxyl groups is 1. The standard InChI is InChI=1S/C8H8O3/c1-5-3-2-4-6-7(5)11-8(9)10-6/h2-4,8-9H,1H3. The molecule has 0 saturated carbocycles. The highest BCUT2D eigenvalue weighted by atomic mass is 16.8. The van der Waals surface area contributed by atoms with Crippen molar-refractivity contribution in [1.29, 1.82) is 0 Å². The monoisotopic (exact) mass is 152 g/mol. The lowest BCUT2D eigenvalue weighted by molar-refractivity contribution is -0.133. The van der Waals surface area contributed by atoms with Crippen molar-refractivity contribution in [2.24, 2.45) is 0 Å². The van der Waals surface area contributed by atoms with Crippen molar-refractivity contribution < 1.29 is 14.6 Å². The third-order valence-corrected chi connectivity index (χ3v) is 1.62. The molecule has 1 aliphatic rings. The summed E-state index contributed by atoms with van der Waals surface area (Å²) in [5.41, 5.74) is 0.971. The van der Waals surface area contributed by atoms with Crippen molar-refractivity contribution in [1.82, 2.24) is 0 Å². The van der Waals surface area contributed by atoms with Crippen molar-refractivity contribution in [3.8, 4) is 11.5 Å². The molecule has 1 aliphatic heterocycles. The number of aliphatic hydroxyl groups excluding tert-OH is 1. The zero-order valence-electron chi connectivity index (χ0n) is 6.07. The van der Waals surface area contributed by atoms with E-state index in [9.17, 15) is 0 Å². The van der Waals surface area contributed by atoms with Gasteiger partial charge in [-0.1, -0.05) is 12.1 Å². The largest absolute Gasteiger partial charge is 0.428 e. The molecule has 0 fully saturated rings. The lowest BCUT2D eigenvalue weighted by Gasteiger charge is -1.99. The van der Waals surface area contributed by atoms with Crippen LogP contribution in [0.3, 0.4) is 0 Å². The predicted octanol–water partition coefficient (Wildman–Crippen LogP) is 1.04. The molecule has 2 rings (SSSR count). The zero-order valence-corrected chi connectivity index (χ0v) is 6.07. The van der Waals surface area contributed by atoms with Gasteiger partial charge in [-0.3, -0.25) is 0 Å². The summed E-state index contributed by atoms with van der Waals surface area (Å²) in [6.45, 7) is 0.770. The predicted molar refractivity (Wildman–Crippen MR) is 38.4 cm³/mol. The SMILES string of the molecule is Cc1cccc2c1OC(O)O2. The molecule has 1 atom stereocenters. The van der Waals surface area contributed by atoms with Crippen LogP contribution < -0.4 is 9.47 Å². The summed E-state index contributed by atoms with van der Waals surface area (Å²) < 4.78 is 9.89. The molecule has 0 spiro atoms. The second-order valence-corrected chi connectivity index (χ2v) is 2.44. The van der Waals surface area contributed by atoms with Crippen LogP contribution in [0.15, 0.2) is 18.2 Å². The molecule has 0 saturated heterocycles. The van der Waals surface area contributed by atoms with Crippen molar-refractivity contribution in [2.45, 2.75) is 13.4 Å². The Hall–Kier alpha value is -1.22. The van der Waals surface area contributed by atoms with Crippen molar-refractivity contribution in [3.05, 3.63) is 23.8 Å². The number of aryl methyl sites for hydroxylation is 1. The molecule has 0 aliphatic carbocycles. The Kier molecular flexibility index (Phi) is 1.26. The second-order valence-electron chi connectivity index (χ2n) is 2.44. The van der Waals surface area contributed by atoms with Gasteiger partial charge in [0.15, 0.2) is 11.5 Å². The fourth-order valence-electron chi connectivity index (χ4n) is 1.10. The quantitative estimate of drug-likeness (QED) is 0.603. The highest BCUT2D eigenvalue weighted by molar-refractivity contribution is 5.47. The van der Waals surface area contributed by atoms with Gasteiger partial charge in [0, 0.05) is 0 Å². The highest BCUT2D eigenvalue weighted by Crippen LogP contribution is 2.36. The van der Waals surface area contributed by atoms with Crippen LogP contribution in [0.1, 0.15) is 5.56 Å². The molecular formula is C8H8O3. The van der Waals surface area contributed by atoms with Gasteiger partial charge in [-0.2, -0.15) is 0 Å². The maximum atomic E-state index is 8.93. The number of ether oxygens (including phenoxy) is 2. The molecule has 0 aromatic heterocycles. The van der Waals surface area contributed by atoms with E-state index in [-0.39, 0.29) is 0 Å². The lowest BCUT2D eigenvalue weighted by atomic mass is 10.2. The topological polar surface area (TPSA) is 38.7 Å². The molecular weight excluding hydrogens is 144 g/mol. The van der Waals surface area contributed by atoms with Gasteiger partial charge in [-0.25, -0.2) is 0 Å². The number of hydrogen-bond acceptors (Lipinski definition) is 3. The fourth-order valence-corrected chi connectivity index (χ4v) is 1.10. The van der Waals surface area contributed by atoms with Crippen molar-refractivity contribution in [3.63, 3.8) is 0 Å². The van der Waals surface area contributed by atoms with E-state index < -0.39 is 6.48 Å². The number of benzene rings is 1. The van der Waals surface area contributed by atoms with Crippen LogP contribution in [0.2, 0.25) is 0 Å². The Bertz CT molecular complexity index is 283. The van der Waals surface area contributed by atoms with Gasteiger partial charge < -0.3 is 14.6 Å². The van der Waals surface area contributed by atoms with Crippen molar-refractivity contribution in [2.75, 3.05) is 0 Å². The highest BCUT2D eigenvalue weighted by Gasteiger charge is 2.22. The molecule has 1 unspecified atom stereocenters. The molecule has 0 amide bonds. The van der Waals surface area contributed by atoms with Crippen LogP contribution in [-0.2, 0) is 0 Å². The summed E-state index contributed by atoms with van der Waals surface area (Å²) in [5.74, 6) is 1.25. The van der Waals surface area contributed by atoms with Gasteiger partial charge in [0.05, 0.1) is 0 Å². The molecule has 1 aromatic rings. The maximum absolute atomic E-state index is 8.93.